The number of hydrogen-bond acceptors (Lipinski definition) is 6. The summed E-state index contributed by atoms with van der Waals surface area (Å²) >= 11 is 12.2. The fourth-order valence-electron chi connectivity index (χ4n) is 3.88. The van der Waals surface area contributed by atoms with Crippen molar-refractivity contribution in [1.29, 1.82) is 5.53 Å². The first-order valence-corrected chi connectivity index (χ1v) is 11.7. The van der Waals surface area contributed by atoms with Crippen LogP contribution in [0.2, 0.25) is 5.02 Å². The summed E-state index contributed by atoms with van der Waals surface area (Å²) in [7, 11) is 0. The van der Waals surface area contributed by atoms with E-state index < -0.39 is 5.91 Å². The molecule has 0 spiro atoms. The highest BCUT2D eigenvalue weighted by molar-refractivity contribution is 6.30. The van der Waals surface area contributed by atoms with E-state index in [1.54, 1.807) is 24.7 Å². The van der Waals surface area contributed by atoms with Gasteiger partial charge in [0.1, 0.15) is 5.65 Å². The molecule has 11 heteroatoms. The van der Waals surface area contributed by atoms with E-state index in [-0.39, 0.29) is 12.2 Å². The van der Waals surface area contributed by atoms with E-state index in [1.807, 2.05) is 15.0 Å². The van der Waals surface area contributed by atoms with Crippen molar-refractivity contribution >= 4 is 40.3 Å². The third-order valence-electron chi connectivity index (χ3n) is 5.76. The second kappa shape index (κ2) is 9.44. The van der Waals surface area contributed by atoms with Gasteiger partial charge in [-0.2, -0.15) is 5.11 Å². The molecule has 4 heterocycles. The minimum absolute atomic E-state index is 0.0530. The van der Waals surface area contributed by atoms with Crippen LogP contribution in [-0.2, 0) is 23.8 Å². The summed E-state index contributed by atoms with van der Waals surface area (Å²) in [4.78, 5) is 21.5. The average molecular weight is 497 g/mol. The van der Waals surface area contributed by atoms with Crippen molar-refractivity contribution in [2.45, 2.75) is 37.7 Å². The zero-order valence-corrected chi connectivity index (χ0v) is 19.6. The van der Waals surface area contributed by atoms with Crippen LogP contribution < -0.4 is 10.6 Å². The Hall–Kier alpha value is -3.43. The summed E-state index contributed by atoms with van der Waals surface area (Å²) in [5, 5.41) is 9.70. The molecule has 4 aromatic heterocycles. The predicted octanol–water partition coefficient (Wildman–Crippen LogP) is 4.53. The highest BCUT2D eigenvalue weighted by Gasteiger charge is 2.25. The molecule has 1 aliphatic carbocycles. The van der Waals surface area contributed by atoms with Crippen LogP contribution in [0.1, 0.15) is 41.3 Å². The number of hydrogen-bond donors (Lipinski definition) is 3. The van der Waals surface area contributed by atoms with Gasteiger partial charge in [0.2, 0.25) is 0 Å². The van der Waals surface area contributed by atoms with Crippen LogP contribution in [0, 0.1) is 5.53 Å². The summed E-state index contributed by atoms with van der Waals surface area (Å²) in [6.07, 6.45) is 11.4. The standard InChI is InChI=1S/C23H22Cl2N8O/c24-7-15-5-16(14-1-2-14)11-33-12-18(30-22(15)33)8-27-9-20(31-26)23(34)28-10-19-21-6-17(25)3-4-32(21)13-29-19/h3-6,9,11-14,26-27H,1-2,7-8,10H2,(H,28,34)/b20-9-,31-26?. The topological polar surface area (TPSA) is 112 Å². The smallest absolute Gasteiger partial charge is 0.273 e. The Bertz CT molecular complexity index is 1420. The molecule has 4 aromatic rings. The Morgan fingerprint density at radius 1 is 1.26 bits per heavy atom. The van der Waals surface area contributed by atoms with E-state index in [9.17, 15) is 4.79 Å². The number of imidazole rings is 2. The van der Waals surface area contributed by atoms with E-state index >= 15 is 0 Å². The molecule has 0 radical (unpaired) electrons. The molecule has 0 unspecified atom stereocenters. The molecule has 0 saturated heterocycles. The van der Waals surface area contributed by atoms with Crippen molar-refractivity contribution in [3.05, 3.63) is 82.6 Å². The number of amides is 1. The third kappa shape index (κ3) is 4.62. The second-order valence-electron chi connectivity index (χ2n) is 8.20. The van der Waals surface area contributed by atoms with Crippen LogP contribution in [0.5, 0.6) is 0 Å². The lowest BCUT2D eigenvalue weighted by molar-refractivity contribution is -0.117. The van der Waals surface area contributed by atoms with E-state index in [2.05, 4.69) is 38.0 Å². The lowest BCUT2D eigenvalue weighted by Crippen LogP contribution is -2.25. The maximum Gasteiger partial charge on any atom is 0.273 e. The zero-order valence-electron chi connectivity index (χ0n) is 18.1. The number of nitrogens with zero attached hydrogens (tertiary/aromatic N) is 5. The fourth-order valence-corrected chi connectivity index (χ4v) is 4.23. The van der Waals surface area contributed by atoms with Crippen molar-refractivity contribution in [2.75, 3.05) is 0 Å². The Morgan fingerprint density at radius 3 is 2.88 bits per heavy atom. The maximum absolute atomic E-state index is 12.5. The summed E-state index contributed by atoms with van der Waals surface area (Å²) in [6.45, 7) is 0.554. The molecule has 1 fully saturated rings. The van der Waals surface area contributed by atoms with E-state index in [0.29, 0.717) is 29.1 Å². The molecule has 5 rings (SSSR count). The second-order valence-corrected chi connectivity index (χ2v) is 8.91. The molecule has 0 atom stereocenters. The zero-order chi connectivity index (χ0) is 23.7. The summed E-state index contributed by atoms with van der Waals surface area (Å²) in [6, 6.07) is 5.68. The molecule has 0 aliphatic heterocycles. The summed E-state index contributed by atoms with van der Waals surface area (Å²) < 4.78 is 3.83. The number of carbonyl (C=O) groups is 1. The molecular formula is C23H22Cl2N8O. The molecule has 1 aliphatic rings. The molecule has 174 valence electrons. The van der Waals surface area contributed by atoms with Gasteiger partial charge >= 0.3 is 0 Å². The highest BCUT2D eigenvalue weighted by atomic mass is 35.5. The van der Waals surface area contributed by atoms with Crippen molar-refractivity contribution in [1.82, 2.24) is 29.4 Å². The molecule has 9 nitrogen and oxygen atoms in total. The van der Waals surface area contributed by atoms with Gasteiger partial charge in [0.15, 0.2) is 5.70 Å². The number of halogens is 2. The van der Waals surface area contributed by atoms with Gasteiger partial charge < -0.3 is 19.4 Å². The molecule has 1 amide bonds. The van der Waals surface area contributed by atoms with Crippen LogP contribution in [0.4, 0.5) is 0 Å². The Morgan fingerprint density at radius 2 is 2.12 bits per heavy atom. The number of alkyl halides is 1. The number of rotatable bonds is 9. The van der Waals surface area contributed by atoms with Gasteiger partial charge in [-0.25, -0.2) is 15.5 Å². The van der Waals surface area contributed by atoms with E-state index in [0.717, 1.165) is 22.4 Å². The molecule has 34 heavy (non-hydrogen) atoms. The molecule has 1 saturated carbocycles. The number of fused-ring (bicyclic) bond motifs is 2. The highest BCUT2D eigenvalue weighted by Crippen LogP contribution is 2.40. The first-order chi connectivity index (χ1) is 16.6. The van der Waals surface area contributed by atoms with Gasteiger partial charge in [-0.3, -0.25) is 4.79 Å². The van der Waals surface area contributed by atoms with Crippen LogP contribution in [-0.4, -0.2) is 24.7 Å². The van der Waals surface area contributed by atoms with Crippen molar-refractivity contribution < 1.29 is 4.79 Å². The SMILES string of the molecule is N=N/C(=C\NCc1cn2cc(C3CC3)cc(CCl)c2n1)C(=O)NCc1ncn2ccc(Cl)cc12. The quantitative estimate of drug-likeness (QED) is 0.179. The van der Waals surface area contributed by atoms with Gasteiger partial charge in [-0.15, -0.1) is 11.6 Å². The maximum atomic E-state index is 12.5. The lowest BCUT2D eigenvalue weighted by Gasteiger charge is -2.05. The number of nitrogens with one attached hydrogen (secondary N) is 3. The van der Waals surface area contributed by atoms with Gasteiger partial charge in [0, 0.05) is 35.4 Å². The average Bonchev–Trinajstić information content (AvgIpc) is 3.49. The minimum atomic E-state index is -0.487. The van der Waals surface area contributed by atoms with Gasteiger partial charge in [0.25, 0.3) is 5.91 Å². The van der Waals surface area contributed by atoms with Gasteiger partial charge in [-0.1, -0.05) is 11.6 Å². The minimum Gasteiger partial charge on any atom is -0.383 e. The van der Waals surface area contributed by atoms with Crippen molar-refractivity contribution in [2.24, 2.45) is 5.11 Å². The monoisotopic (exact) mass is 496 g/mol. The van der Waals surface area contributed by atoms with Crippen LogP contribution in [0.3, 0.4) is 0 Å². The number of pyridine rings is 2. The van der Waals surface area contributed by atoms with E-state index in [1.165, 1.54) is 24.6 Å². The van der Waals surface area contributed by atoms with Gasteiger partial charge in [-0.05, 0) is 42.5 Å². The Labute approximate surface area is 205 Å². The molecule has 0 bridgehead atoms. The normalized spacial score (nSPS) is 14.0. The molecular weight excluding hydrogens is 475 g/mol. The summed E-state index contributed by atoms with van der Waals surface area (Å²) in [5.74, 6) is 0.531. The number of carbonyl (C=O) groups excluding carboxylic acids is 1. The van der Waals surface area contributed by atoms with E-state index in [4.69, 9.17) is 28.7 Å². The Balaban J connectivity index is 1.23. The van der Waals surface area contributed by atoms with Crippen LogP contribution in [0.15, 0.2) is 60.1 Å². The molecule has 3 N–H and O–H groups in total. The molecule has 0 aromatic carbocycles. The first kappa shape index (κ1) is 22.4. The van der Waals surface area contributed by atoms with Crippen molar-refractivity contribution in [3.63, 3.8) is 0 Å². The number of aromatic nitrogens is 4. The Kier molecular flexibility index (Phi) is 6.21. The van der Waals surface area contributed by atoms with Crippen molar-refractivity contribution in [3.8, 4) is 0 Å². The lowest BCUT2D eigenvalue weighted by atomic mass is 10.1. The fraction of sp³-hybridized carbons (Fsp3) is 0.261. The largest absolute Gasteiger partial charge is 0.383 e. The first-order valence-electron chi connectivity index (χ1n) is 10.8. The predicted molar refractivity (Wildman–Crippen MR) is 129 cm³/mol. The van der Waals surface area contributed by atoms with Crippen LogP contribution in [0.25, 0.3) is 11.2 Å². The summed E-state index contributed by atoms with van der Waals surface area (Å²) in [5.41, 5.74) is 12.7. The third-order valence-corrected chi connectivity index (χ3v) is 6.29. The van der Waals surface area contributed by atoms with Crippen LogP contribution >= 0.6 is 23.2 Å². The van der Waals surface area contributed by atoms with Gasteiger partial charge in [0.05, 0.1) is 42.2 Å².